The van der Waals surface area contributed by atoms with Gasteiger partial charge in [0.25, 0.3) is 11.8 Å². The van der Waals surface area contributed by atoms with Gasteiger partial charge in [0.2, 0.25) is 0 Å². The number of rotatable bonds is 3. The van der Waals surface area contributed by atoms with E-state index < -0.39 is 0 Å². The molecule has 138 valence electrons. The van der Waals surface area contributed by atoms with Gasteiger partial charge in [-0.2, -0.15) is 0 Å². The van der Waals surface area contributed by atoms with Crippen molar-refractivity contribution in [3.05, 3.63) is 71.5 Å². The third-order valence-corrected chi connectivity index (χ3v) is 5.19. The molecule has 0 unspecified atom stereocenters. The van der Waals surface area contributed by atoms with Crippen molar-refractivity contribution in [3.63, 3.8) is 0 Å². The predicted molar refractivity (Wildman–Crippen MR) is 104 cm³/mol. The minimum atomic E-state index is -0.0727. The molecule has 0 aliphatic carbocycles. The van der Waals surface area contributed by atoms with Crippen molar-refractivity contribution in [1.29, 1.82) is 0 Å². The zero-order chi connectivity index (χ0) is 18.8. The molecule has 2 amide bonds. The van der Waals surface area contributed by atoms with Gasteiger partial charge >= 0.3 is 0 Å². The van der Waals surface area contributed by atoms with Crippen LogP contribution in [0.25, 0.3) is 11.0 Å². The lowest BCUT2D eigenvalue weighted by Gasteiger charge is -2.32. The fourth-order valence-electron chi connectivity index (χ4n) is 3.61. The topological polar surface area (TPSA) is 62.6 Å². The van der Waals surface area contributed by atoms with Gasteiger partial charge < -0.3 is 14.6 Å². The molecule has 2 aromatic carbocycles. The average Bonchev–Trinajstić information content (AvgIpc) is 3.05. The first-order chi connectivity index (χ1) is 13.1. The lowest BCUT2D eigenvalue weighted by atomic mass is 10.0. The summed E-state index contributed by atoms with van der Waals surface area (Å²) in [6.45, 7) is 3.13. The number of nitrogens with zero attached hydrogens (tertiary/aromatic N) is 1. The molecule has 3 aromatic rings. The molecular formula is C22H22N2O3. The minimum absolute atomic E-state index is 0.0616. The Balaban J connectivity index is 1.39. The number of aryl methyl sites for hydroxylation is 1. The van der Waals surface area contributed by atoms with Gasteiger partial charge in [0.15, 0.2) is 5.76 Å². The lowest BCUT2D eigenvalue weighted by Crippen LogP contribution is -2.46. The molecule has 4 rings (SSSR count). The molecule has 2 heterocycles. The Morgan fingerprint density at radius 3 is 2.37 bits per heavy atom. The van der Waals surface area contributed by atoms with Crippen molar-refractivity contribution in [3.8, 4) is 0 Å². The smallest absolute Gasteiger partial charge is 0.289 e. The molecular weight excluding hydrogens is 340 g/mol. The number of nitrogens with one attached hydrogen (secondary N) is 1. The van der Waals surface area contributed by atoms with Crippen LogP contribution in [-0.2, 0) is 0 Å². The van der Waals surface area contributed by atoms with Crippen LogP contribution in [0, 0.1) is 6.92 Å². The van der Waals surface area contributed by atoms with Gasteiger partial charge in [-0.3, -0.25) is 9.59 Å². The highest BCUT2D eigenvalue weighted by Crippen LogP contribution is 2.26. The molecule has 1 aromatic heterocycles. The van der Waals surface area contributed by atoms with E-state index in [1.165, 1.54) is 0 Å². The highest BCUT2D eigenvalue weighted by Gasteiger charge is 2.28. The average molecular weight is 362 g/mol. The van der Waals surface area contributed by atoms with E-state index in [0.717, 1.165) is 29.4 Å². The number of furan rings is 1. The summed E-state index contributed by atoms with van der Waals surface area (Å²) in [5, 5.41) is 4.04. The maximum absolute atomic E-state index is 12.9. The van der Waals surface area contributed by atoms with Crippen molar-refractivity contribution in [1.82, 2.24) is 10.2 Å². The Hall–Kier alpha value is -3.08. The second-order valence-corrected chi connectivity index (χ2v) is 6.96. The normalized spacial score (nSPS) is 15.1. The lowest BCUT2D eigenvalue weighted by molar-refractivity contribution is 0.0668. The monoisotopic (exact) mass is 362 g/mol. The molecule has 1 fully saturated rings. The maximum Gasteiger partial charge on any atom is 0.289 e. The summed E-state index contributed by atoms with van der Waals surface area (Å²) < 4.78 is 5.80. The molecule has 27 heavy (non-hydrogen) atoms. The second kappa shape index (κ2) is 7.27. The molecule has 1 N–H and O–H groups in total. The molecule has 1 aliphatic heterocycles. The Labute approximate surface area is 158 Å². The third kappa shape index (κ3) is 3.45. The predicted octanol–water partition coefficient (Wildman–Crippen LogP) is 3.78. The highest BCUT2D eigenvalue weighted by atomic mass is 16.3. The number of benzene rings is 2. The summed E-state index contributed by atoms with van der Waals surface area (Å²) in [7, 11) is 0. The molecule has 1 aliphatic rings. The van der Waals surface area contributed by atoms with E-state index in [9.17, 15) is 9.59 Å². The van der Waals surface area contributed by atoms with Crippen LogP contribution >= 0.6 is 0 Å². The van der Waals surface area contributed by atoms with Crippen LogP contribution in [0.15, 0.2) is 59.0 Å². The van der Waals surface area contributed by atoms with Crippen molar-refractivity contribution in [2.75, 3.05) is 13.1 Å². The van der Waals surface area contributed by atoms with E-state index >= 15 is 0 Å². The Morgan fingerprint density at radius 2 is 1.67 bits per heavy atom. The van der Waals surface area contributed by atoms with Crippen molar-refractivity contribution in [2.24, 2.45) is 0 Å². The van der Waals surface area contributed by atoms with Gasteiger partial charge in [-0.15, -0.1) is 0 Å². The summed E-state index contributed by atoms with van der Waals surface area (Å²) >= 11 is 0. The first-order valence-corrected chi connectivity index (χ1v) is 9.27. The molecule has 0 atom stereocenters. The minimum Gasteiger partial charge on any atom is -0.451 e. The first-order valence-electron chi connectivity index (χ1n) is 9.27. The zero-order valence-corrected chi connectivity index (χ0v) is 15.3. The highest BCUT2D eigenvalue weighted by molar-refractivity contribution is 5.99. The van der Waals surface area contributed by atoms with Gasteiger partial charge in [0, 0.05) is 35.6 Å². The Bertz CT molecular complexity index is 970. The number of fused-ring (bicyclic) bond motifs is 1. The Morgan fingerprint density at radius 1 is 1.00 bits per heavy atom. The zero-order valence-electron chi connectivity index (χ0n) is 15.3. The number of hydrogen-bond acceptors (Lipinski definition) is 3. The van der Waals surface area contributed by atoms with Crippen LogP contribution in [-0.4, -0.2) is 35.8 Å². The summed E-state index contributed by atoms with van der Waals surface area (Å²) in [6.07, 6.45) is 1.48. The molecule has 0 bridgehead atoms. The molecule has 1 saturated heterocycles. The van der Waals surface area contributed by atoms with Crippen LogP contribution < -0.4 is 5.32 Å². The standard InChI is InChI=1S/C22H22N2O3/c1-15-18-9-5-6-10-19(18)27-20(15)22(26)24-13-11-17(12-14-24)23-21(25)16-7-3-2-4-8-16/h2-10,17H,11-14H2,1H3,(H,23,25). The van der Waals surface area contributed by atoms with Crippen molar-refractivity contribution in [2.45, 2.75) is 25.8 Å². The second-order valence-electron chi connectivity index (χ2n) is 6.96. The number of hydrogen-bond donors (Lipinski definition) is 1. The maximum atomic E-state index is 12.9. The van der Waals surface area contributed by atoms with Gasteiger partial charge in [0.1, 0.15) is 5.58 Å². The molecule has 0 spiro atoms. The Kier molecular flexibility index (Phi) is 4.67. The first kappa shape index (κ1) is 17.3. The summed E-state index contributed by atoms with van der Waals surface area (Å²) in [5.74, 6) is 0.285. The molecule has 5 heteroatoms. The number of piperidine rings is 1. The number of para-hydroxylation sites is 1. The van der Waals surface area contributed by atoms with Crippen LogP contribution in [0.5, 0.6) is 0 Å². The van der Waals surface area contributed by atoms with Crippen molar-refractivity contribution < 1.29 is 14.0 Å². The summed E-state index contributed by atoms with van der Waals surface area (Å²) in [6, 6.07) is 17.0. The van der Waals surface area contributed by atoms with Gasteiger partial charge in [-0.1, -0.05) is 36.4 Å². The fourth-order valence-corrected chi connectivity index (χ4v) is 3.61. The van der Waals surface area contributed by atoms with Crippen LogP contribution in [0.4, 0.5) is 0 Å². The van der Waals surface area contributed by atoms with E-state index in [0.29, 0.717) is 24.4 Å². The van der Waals surface area contributed by atoms with Crippen LogP contribution in [0.1, 0.15) is 39.3 Å². The van der Waals surface area contributed by atoms with Crippen LogP contribution in [0.2, 0.25) is 0 Å². The largest absolute Gasteiger partial charge is 0.451 e. The van der Waals surface area contributed by atoms with E-state index in [4.69, 9.17) is 4.42 Å². The van der Waals surface area contributed by atoms with E-state index in [1.807, 2.05) is 54.3 Å². The number of carbonyl (C=O) groups is 2. The fraction of sp³-hybridized carbons (Fsp3) is 0.273. The summed E-state index contributed by atoms with van der Waals surface area (Å²) in [4.78, 5) is 27.0. The van der Waals surface area contributed by atoms with E-state index in [2.05, 4.69) is 5.32 Å². The van der Waals surface area contributed by atoms with Crippen LogP contribution in [0.3, 0.4) is 0 Å². The molecule has 0 radical (unpaired) electrons. The van der Waals surface area contributed by atoms with Gasteiger partial charge in [0.05, 0.1) is 0 Å². The third-order valence-electron chi connectivity index (χ3n) is 5.19. The van der Waals surface area contributed by atoms with Crippen molar-refractivity contribution >= 4 is 22.8 Å². The van der Waals surface area contributed by atoms with E-state index in [-0.39, 0.29) is 17.9 Å². The number of carbonyl (C=O) groups excluding carboxylic acids is 2. The van der Waals surface area contributed by atoms with Gasteiger partial charge in [-0.25, -0.2) is 0 Å². The summed E-state index contributed by atoms with van der Waals surface area (Å²) in [5.41, 5.74) is 2.28. The SMILES string of the molecule is Cc1c(C(=O)N2CCC(NC(=O)c3ccccc3)CC2)oc2ccccc12. The number of likely N-dealkylation sites (tertiary alicyclic amines) is 1. The quantitative estimate of drug-likeness (QED) is 0.771. The number of amides is 2. The van der Waals surface area contributed by atoms with E-state index in [1.54, 1.807) is 12.1 Å². The molecule has 0 saturated carbocycles. The van der Waals surface area contributed by atoms with Gasteiger partial charge in [-0.05, 0) is 38.0 Å². The molecule has 5 nitrogen and oxygen atoms in total.